The minimum Gasteiger partial charge on any atom is -0.373 e. The van der Waals surface area contributed by atoms with Crippen LogP contribution in [-0.2, 0) is 13.0 Å². The van der Waals surface area contributed by atoms with E-state index in [1.807, 2.05) is 31.3 Å². The van der Waals surface area contributed by atoms with Crippen molar-refractivity contribution in [3.63, 3.8) is 0 Å². The van der Waals surface area contributed by atoms with Crippen molar-refractivity contribution in [2.24, 2.45) is 0 Å². The van der Waals surface area contributed by atoms with E-state index in [1.54, 1.807) is 12.1 Å². The SMILES string of the molecule is CNc1cccc(CCNC(=O)NCc2ccc(Cl)c(Cl)c2)n1. The fourth-order valence-corrected chi connectivity index (χ4v) is 2.28. The Labute approximate surface area is 145 Å². The predicted molar refractivity (Wildman–Crippen MR) is 94.2 cm³/mol. The van der Waals surface area contributed by atoms with E-state index in [0.717, 1.165) is 17.1 Å². The molecule has 0 atom stereocenters. The third-order valence-corrected chi connectivity index (χ3v) is 3.91. The molecule has 0 fully saturated rings. The van der Waals surface area contributed by atoms with Crippen molar-refractivity contribution in [2.45, 2.75) is 13.0 Å². The molecule has 0 aliphatic carbocycles. The number of nitrogens with one attached hydrogen (secondary N) is 3. The summed E-state index contributed by atoms with van der Waals surface area (Å²) in [7, 11) is 1.82. The van der Waals surface area contributed by atoms with Crippen LogP contribution in [-0.4, -0.2) is 24.6 Å². The van der Waals surface area contributed by atoms with Crippen molar-refractivity contribution in [1.29, 1.82) is 0 Å². The van der Waals surface area contributed by atoms with Gasteiger partial charge in [0.05, 0.1) is 10.0 Å². The van der Waals surface area contributed by atoms with Crippen LogP contribution < -0.4 is 16.0 Å². The van der Waals surface area contributed by atoms with Crippen molar-refractivity contribution in [1.82, 2.24) is 15.6 Å². The highest BCUT2D eigenvalue weighted by atomic mass is 35.5. The molecule has 0 aliphatic heterocycles. The van der Waals surface area contributed by atoms with E-state index in [2.05, 4.69) is 20.9 Å². The Hall–Kier alpha value is -1.98. The Morgan fingerprint density at radius 2 is 1.96 bits per heavy atom. The number of amides is 2. The van der Waals surface area contributed by atoms with Gasteiger partial charge in [-0.3, -0.25) is 0 Å². The lowest BCUT2D eigenvalue weighted by Crippen LogP contribution is -2.36. The van der Waals surface area contributed by atoms with Crippen LogP contribution in [0.5, 0.6) is 0 Å². The van der Waals surface area contributed by atoms with Gasteiger partial charge in [0.1, 0.15) is 5.82 Å². The van der Waals surface area contributed by atoms with Crippen LogP contribution in [0.2, 0.25) is 10.0 Å². The van der Waals surface area contributed by atoms with Gasteiger partial charge in [-0.15, -0.1) is 0 Å². The number of rotatable bonds is 6. The molecule has 0 bridgehead atoms. The zero-order valence-electron chi connectivity index (χ0n) is 12.7. The number of aromatic nitrogens is 1. The van der Waals surface area contributed by atoms with Gasteiger partial charge in [-0.1, -0.05) is 35.3 Å². The first kappa shape index (κ1) is 17.4. The van der Waals surface area contributed by atoms with E-state index >= 15 is 0 Å². The number of benzene rings is 1. The summed E-state index contributed by atoms with van der Waals surface area (Å²) in [5.74, 6) is 0.812. The summed E-state index contributed by atoms with van der Waals surface area (Å²) in [6.45, 7) is 0.892. The largest absolute Gasteiger partial charge is 0.373 e. The van der Waals surface area contributed by atoms with Crippen LogP contribution in [0.3, 0.4) is 0 Å². The first-order chi connectivity index (χ1) is 11.1. The van der Waals surface area contributed by atoms with Gasteiger partial charge in [0.15, 0.2) is 0 Å². The van der Waals surface area contributed by atoms with Gasteiger partial charge in [-0.05, 0) is 29.8 Å². The molecule has 122 valence electrons. The van der Waals surface area contributed by atoms with Gasteiger partial charge < -0.3 is 16.0 Å². The fraction of sp³-hybridized carbons (Fsp3) is 0.250. The van der Waals surface area contributed by atoms with E-state index in [4.69, 9.17) is 23.2 Å². The molecule has 1 aromatic carbocycles. The maximum absolute atomic E-state index is 11.8. The molecule has 0 saturated heterocycles. The molecule has 0 saturated carbocycles. The number of pyridine rings is 1. The van der Waals surface area contributed by atoms with Crippen molar-refractivity contribution >= 4 is 35.1 Å². The zero-order valence-corrected chi connectivity index (χ0v) is 14.2. The monoisotopic (exact) mass is 352 g/mol. The number of carbonyl (C=O) groups excluding carboxylic acids is 1. The lowest BCUT2D eigenvalue weighted by Gasteiger charge is -2.09. The summed E-state index contributed by atoms with van der Waals surface area (Å²) in [6, 6.07) is 10.8. The van der Waals surface area contributed by atoms with E-state index in [-0.39, 0.29) is 6.03 Å². The normalized spacial score (nSPS) is 10.2. The summed E-state index contributed by atoms with van der Waals surface area (Å²) in [6.07, 6.45) is 0.662. The Morgan fingerprint density at radius 3 is 2.70 bits per heavy atom. The average molecular weight is 353 g/mol. The molecule has 0 spiro atoms. The number of nitrogens with zero attached hydrogens (tertiary/aromatic N) is 1. The van der Waals surface area contributed by atoms with Gasteiger partial charge in [0.25, 0.3) is 0 Å². The van der Waals surface area contributed by atoms with E-state index in [1.165, 1.54) is 0 Å². The van der Waals surface area contributed by atoms with E-state index in [0.29, 0.717) is 29.6 Å². The molecular formula is C16H18Cl2N4O. The summed E-state index contributed by atoms with van der Waals surface area (Å²) in [4.78, 5) is 16.2. The van der Waals surface area contributed by atoms with Gasteiger partial charge in [0, 0.05) is 32.3 Å². The zero-order chi connectivity index (χ0) is 16.7. The Bertz CT molecular complexity index is 679. The van der Waals surface area contributed by atoms with Crippen molar-refractivity contribution in [3.8, 4) is 0 Å². The molecule has 7 heteroatoms. The number of hydrogen-bond donors (Lipinski definition) is 3. The summed E-state index contributed by atoms with van der Waals surface area (Å²) in [5, 5.41) is 9.52. The molecule has 0 radical (unpaired) electrons. The molecule has 2 rings (SSSR count). The lowest BCUT2D eigenvalue weighted by atomic mass is 10.2. The topological polar surface area (TPSA) is 66.0 Å². The molecule has 3 N–H and O–H groups in total. The fourth-order valence-electron chi connectivity index (χ4n) is 1.96. The number of hydrogen-bond acceptors (Lipinski definition) is 3. The first-order valence-electron chi connectivity index (χ1n) is 7.18. The Balaban J connectivity index is 1.73. The molecule has 1 aromatic heterocycles. The number of anilines is 1. The van der Waals surface area contributed by atoms with Crippen LogP contribution in [0.1, 0.15) is 11.3 Å². The Kier molecular flexibility index (Phi) is 6.50. The maximum Gasteiger partial charge on any atom is 0.315 e. The molecule has 0 aliphatic rings. The molecule has 23 heavy (non-hydrogen) atoms. The lowest BCUT2D eigenvalue weighted by molar-refractivity contribution is 0.240. The van der Waals surface area contributed by atoms with Gasteiger partial charge >= 0.3 is 6.03 Å². The van der Waals surface area contributed by atoms with Crippen LogP contribution in [0.25, 0.3) is 0 Å². The molecule has 0 unspecified atom stereocenters. The third kappa shape index (κ3) is 5.62. The molecule has 2 amide bonds. The van der Waals surface area contributed by atoms with Gasteiger partial charge in [0.2, 0.25) is 0 Å². The highest BCUT2D eigenvalue weighted by Gasteiger charge is 2.03. The molecule has 2 aromatic rings. The smallest absolute Gasteiger partial charge is 0.315 e. The second-order valence-electron chi connectivity index (χ2n) is 4.87. The van der Waals surface area contributed by atoms with Gasteiger partial charge in [-0.25, -0.2) is 9.78 Å². The van der Waals surface area contributed by atoms with Crippen molar-refractivity contribution < 1.29 is 4.79 Å². The van der Waals surface area contributed by atoms with Crippen molar-refractivity contribution in [3.05, 3.63) is 57.7 Å². The minimum atomic E-state index is -0.235. The summed E-state index contributed by atoms with van der Waals surface area (Å²) >= 11 is 11.8. The van der Waals surface area contributed by atoms with E-state index in [9.17, 15) is 4.79 Å². The number of halogens is 2. The van der Waals surface area contributed by atoms with Crippen molar-refractivity contribution in [2.75, 3.05) is 18.9 Å². The third-order valence-electron chi connectivity index (χ3n) is 3.17. The van der Waals surface area contributed by atoms with Crippen LogP contribution >= 0.6 is 23.2 Å². The highest BCUT2D eigenvalue weighted by Crippen LogP contribution is 2.22. The first-order valence-corrected chi connectivity index (χ1v) is 7.93. The number of carbonyl (C=O) groups is 1. The Morgan fingerprint density at radius 1 is 1.13 bits per heavy atom. The molecule has 1 heterocycles. The average Bonchev–Trinajstić information content (AvgIpc) is 2.56. The highest BCUT2D eigenvalue weighted by molar-refractivity contribution is 6.42. The summed E-state index contributed by atoms with van der Waals surface area (Å²) in [5.41, 5.74) is 1.81. The quantitative estimate of drug-likeness (QED) is 0.745. The van der Waals surface area contributed by atoms with Gasteiger partial charge in [-0.2, -0.15) is 0 Å². The molecular weight excluding hydrogens is 335 g/mol. The maximum atomic E-state index is 11.8. The second-order valence-corrected chi connectivity index (χ2v) is 5.69. The number of urea groups is 1. The summed E-state index contributed by atoms with van der Waals surface area (Å²) < 4.78 is 0. The predicted octanol–water partition coefficient (Wildman–Crippen LogP) is 3.47. The second kappa shape index (κ2) is 8.60. The minimum absolute atomic E-state index is 0.235. The van der Waals surface area contributed by atoms with Crippen LogP contribution in [0, 0.1) is 0 Å². The van der Waals surface area contributed by atoms with E-state index < -0.39 is 0 Å². The van der Waals surface area contributed by atoms with Crippen LogP contribution in [0.4, 0.5) is 10.6 Å². The van der Waals surface area contributed by atoms with Crippen LogP contribution in [0.15, 0.2) is 36.4 Å². The molecule has 5 nitrogen and oxygen atoms in total. The standard InChI is InChI=1S/C16H18Cl2N4O/c1-19-15-4-2-3-12(22-15)7-8-20-16(23)21-10-11-5-6-13(17)14(18)9-11/h2-6,9H,7-8,10H2,1H3,(H,19,22)(H2,20,21,23).